The van der Waals surface area contributed by atoms with E-state index in [0.29, 0.717) is 0 Å². The van der Waals surface area contributed by atoms with Crippen molar-refractivity contribution < 1.29 is 4.74 Å². The lowest BCUT2D eigenvalue weighted by atomic mass is 10.3. The van der Waals surface area contributed by atoms with Gasteiger partial charge in [-0.05, 0) is 31.6 Å². The third kappa shape index (κ3) is 3.07. The Morgan fingerprint density at radius 1 is 1.50 bits per heavy atom. The molecule has 0 aromatic heterocycles. The predicted octanol–water partition coefficient (Wildman–Crippen LogP) is 2.13. The first-order valence-electron chi connectivity index (χ1n) is 3.13. The van der Waals surface area contributed by atoms with E-state index in [1.54, 1.807) is 7.11 Å². The molecule has 0 fully saturated rings. The SMILES string of the molecule is C/C=C(/C=C(/C)C=N)OC. The summed E-state index contributed by atoms with van der Waals surface area (Å²) in [5.74, 6) is 0.793. The van der Waals surface area contributed by atoms with Crippen LogP contribution in [0.3, 0.4) is 0 Å². The highest BCUT2D eigenvalue weighted by molar-refractivity contribution is 5.75. The average molecular weight is 139 g/mol. The summed E-state index contributed by atoms with van der Waals surface area (Å²) in [4.78, 5) is 0. The summed E-state index contributed by atoms with van der Waals surface area (Å²) >= 11 is 0. The molecule has 0 aliphatic carbocycles. The fraction of sp³-hybridized carbons (Fsp3) is 0.375. The number of hydrogen-bond donors (Lipinski definition) is 1. The molecule has 10 heavy (non-hydrogen) atoms. The summed E-state index contributed by atoms with van der Waals surface area (Å²) < 4.78 is 4.95. The molecule has 1 N–H and O–H groups in total. The zero-order chi connectivity index (χ0) is 7.98. The summed E-state index contributed by atoms with van der Waals surface area (Å²) in [5, 5.41) is 6.88. The van der Waals surface area contributed by atoms with Gasteiger partial charge in [0, 0.05) is 6.21 Å². The molecule has 0 atom stereocenters. The second kappa shape index (κ2) is 4.79. The molecular weight excluding hydrogens is 126 g/mol. The number of allylic oxidation sites excluding steroid dienone is 3. The van der Waals surface area contributed by atoms with Crippen LogP contribution in [-0.4, -0.2) is 13.3 Å². The minimum atomic E-state index is 0.793. The van der Waals surface area contributed by atoms with Gasteiger partial charge in [0.15, 0.2) is 0 Å². The zero-order valence-electron chi connectivity index (χ0n) is 6.64. The van der Waals surface area contributed by atoms with Gasteiger partial charge in [-0.1, -0.05) is 0 Å². The number of ether oxygens (including phenoxy) is 1. The Labute approximate surface area is 61.7 Å². The molecule has 0 saturated carbocycles. The Morgan fingerprint density at radius 3 is 2.40 bits per heavy atom. The first kappa shape index (κ1) is 8.95. The average Bonchev–Trinajstić information content (AvgIpc) is 1.99. The Balaban J connectivity index is 4.22. The monoisotopic (exact) mass is 139 g/mol. The van der Waals surface area contributed by atoms with Crippen molar-refractivity contribution in [1.82, 2.24) is 0 Å². The summed E-state index contributed by atoms with van der Waals surface area (Å²) in [6.45, 7) is 3.75. The molecule has 0 saturated heterocycles. The lowest BCUT2D eigenvalue weighted by molar-refractivity contribution is 0.306. The van der Waals surface area contributed by atoms with Crippen molar-refractivity contribution in [3.63, 3.8) is 0 Å². The van der Waals surface area contributed by atoms with E-state index in [4.69, 9.17) is 10.1 Å². The van der Waals surface area contributed by atoms with Crippen LogP contribution in [0.1, 0.15) is 13.8 Å². The molecule has 0 rings (SSSR count). The Hall–Kier alpha value is -1.05. The second-order valence-corrected chi connectivity index (χ2v) is 1.93. The van der Waals surface area contributed by atoms with Crippen LogP contribution >= 0.6 is 0 Å². The molecule has 0 unspecified atom stereocenters. The number of nitrogens with one attached hydrogen (secondary N) is 1. The zero-order valence-corrected chi connectivity index (χ0v) is 6.64. The minimum Gasteiger partial charge on any atom is -0.497 e. The van der Waals surface area contributed by atoms with Crippen molar-refractivity contribution in [3.8, 4) is 0 Å². The Morgan fingerprint density at radius 2 is 2.10 bits per heavy atom. The van der Waals surface area contributed by atoms with Gasteiger partial charge in [-0.25, -0.2) is 0 Å². The maximum absolute atomic E-state index is 6.88. The highest BCUT2D eigenvalue weighted by Gasteiger charge is 1.87. The number of hydrogen-bond acceptors (Lipinski definition) is 2. The molecule has 0 amide bonds. The summed E-state index contributed by atoms with van der Waals surface area (Å²) in [5.41, 5.74) is 0.884. The van der Waals surface area contributed by atoms with Crippen molar-refractivity contribution in [2.75, 3.05) is 7.11 Å². The highest BCUT2D eigenvalue weighted by Crippen LogP contribution is 2.00. The number of rotatable bonds is 3. The lowest BCUT2D eigenvalue weighted by Gasteiger charge is -1.98. The molecule has 0 aliphatic heterocycles. The second-order valence-electron chi connectivity index (χ2n) is 1.93. The number of methoxy groups -OCH3 is 1. The first-order chi connectivity index (χ1) is 4.74. The molecule has 0 radical (unpaired) electrons. The van der Waals surface area contributed by atoms with Crippen LogP contribution in [0, 0.1) is 5.41 Å². The smallest absolute Gasteiger partial charge is 0.114 e. The van der Waals surface area contributed by atoms with E-state index in [2.05, 4.69) is 0 Å². The van der Waals surface area contributed by atoms with E-state index in [0.717, 1.165) is 11.3 Å². The van der Waals surface area contributed by atoms with Gasteiger partial charge in [0.05, 0.1) is 7.11 Å². The maximum atomic E-state index is 6.88. The molecule has 56 valence electrons. The topological polar surface area (TPSA) is 33.1 Å². The molecular formula is C8H13NO. The van der Waals surface area contributed by atoms with Gasteiger partial charge in [-0.2, -0.15) is 0 Å². The van der Waals surface area contributed by atoms with Crippen molar-refractivity contribution in [2.24, 2.45) is 0 Å². The molecule has 0 aliphatic rings. The largest absolute Gasteiger partial charge is 0.497 e. The first-order valence-corrected chi connectivity index (χ1v) is 3.13. The van der Waals surface area contributed by atoms with Gasteiger partial charge < -0.3 is 10.1 Å². The van der Waals surface area contributed by atoms with Crippen molar-refractivity contribution in [2.45, 2.75) is 13.8 Å². The van der Waals surface area contributed by atoms with Crippen LogP contribution in [0.4, 0.5) is 0 Å². The van der Waals surface area contributed by atoms with Crippen LogP contribution in [0.2, 0.25) is 0 Å². The van der Waals surface area contributed by atoms with E-state index < -0.39 is 0 Å². The molecule has 0 spiro atoms. The maximum Gasteiger partial charge on any atom is 0.114 e. The van der Waals surface area contributed by atoms with Crippen LogP contribution in [-0.2, 0) is 4.74 Å². The molecule has 0 heterocycles. The van der Waals surface area contributed by atoms with E-state index in [9.17, 15) is 0 Å². The van der Waals surface area contributed by atoms with Crippen LogP contribution in [0.25, 0.3) is 0 Å². The van der Waals surface area contributed by atoms with E-state index in [1.165, 1.54) is 6.21 Å². The van der Waals surface area contributed by atoms with Crippen LogP contribution < -0.4 is 0 Å². The fourth-order valence-electron chi connectivity index (χ4n) is 0.526. The van der Waals surface area contributed by atoms with Gasteiger partial charge in [-0.15, -0.1) is 0 Å². The summed E-state index contributed by atoms with van der Waals surface area (Å²) in [6.07, 6.45) is 4.96. The molecule has 0 bridgehead atoms. The van der Waals surface area contributed by atoms with Gasteiger partial charge in [-0.3, -0.25) is 0 Å². The Bertz CT molecular complexity index is 168. The van der Waals surface area contributed by atoms with Crippen molar-refractivity contribution in [1.29, 1.82) is 5.41 Å². The van der Waals surface area contributed by atoms with E-state index in [-0.39, 0.29) is 0 Å². The minimum absolute atomic E-state index is 0.793. The molecule has 2 nitrogen and oxygen atoms in total. The summed E-state index contributed by atoms with van der Waals surface area (Å²) in [6, 6.07) is 0. The Kier molecular flexibility index (Phi) is 4.29. The summed E-state index contributed by atoms with van der Waals surface area (Å²) in [7, 11) is 1.61. The third-order valence-electron chi connectivity index (χ3n) is 1.12. The van der Waals surface area contributed by atoms with E-state index in [1.807, 2.05) is 26.0 Å². The molecule has 0 aromatic rings. The highest BCUT2D eigenvalue weighted by atomic mass is 16.5. The fourth-order valence-corrected chi connectivity index (χ4v) is 0.526. The standard InChI is InChI=1S/C8H13NO/c1-4-8(10-3)5-7(2)6-9/h4-6,9H,1-3H3/b7-5-,8-4-,9-6?. The lowest BCUT2D eigenvalue weighted by Crippen LogP contribution is -1.83. The van der Waals surface area contributed by atoms with Crippen LogP contribution in [0.15, 0.2) is 23.5 Å². The third-order valence-corrected chi connectivity index (χ3v) is 1.12. The predicted molar refractivity (Wildman–Crippen MR) is 43.3 cm³/mol. The van der Waals surface area contributed by atoms with Gasteiger partial charge in [0.25, 0.3) is 0 Å². The quantitative estimate of drug-likeness (QED) is 0.362. The van der Waals surface area contributed by atoms with Gasteiger partial charge in [0.2, 0.25) is 0 Å². The van der Waals surface area contributed by atoms with Gasteiger partial charge >= 0.3 is 0 Å². The van der Waals surface area contributed by atoms with E-state index >= 15 is 0 Å². The normalized spacial score (nSPS) is 13.1. The van der Waals surface area contributed by atoms with Gasteiger partial charge in [0.1, 0.15) is 5.76 Å². The van der Waals surface area contributed by atoms with Crippen LogP contribution in [0.5, 0.6) is 0 Å². The molecule has 2 heteroatoms. The van der Waals surface area contributed by atoms with Crippen molar-refractivity contribution in [3.05, 3.63) is 23.5 Å². The van der Waals surface area contributed by atoms with Crippen molar-refractivity contribution >= 4 is 6.21 Å². The molecule has 0 aromatic carbocycles.